The van der Waals surface area contributed by atoms with Gasteiger partial charge in [-0.15, -0.1) is 0 Å². The standard InChI is InChI=1S/C17H14Cl2N4S/c18-13-8-9-14(15(19)11-13)16-21-22-17(24)23(16)20-10-4-7-12-5-2-1-3-6-12/h1-3,5-6,8-11H,4,7H2,(H,22,24)/b20-10-. The molecule has 0 aliphatic carbocycles. The first-order valence-corrected chi connectivity index (χ1v) is 8.51. The van der Waals surface area contributed by atoms with Gasteiger partial charge in [-0.2, -0.15) is 14.9 Å². The van der Waals surface area contributed by atoms with Crippen LogP contribution >= 0.6 is 35.4 Å². The van der Waals surface area contributed by atoms with E-state index >= 15 is 0 Å². The van der Waals surface area contributed by atoms with Crippen molar-refractivity contribution in [3.05, 3.63) is 68.9 Å². The molecular weight excluding hydrogens is 363 g/mol. The Morgan fingerprint density at radius 1 is 1.17 bits per heavy atom. The second-order valence-electron chi connectivity index (χ2n) is 5.11. The van der Waals surface area contributed by atoms with Crippen LogP contribution in [-0.2, 0) is 6.42 Å². The molecule has 0 amide bonds. The van der Waals surface area contributed by atoms with Gasteiger partial charge < -0.3 is 0 Å². The number of hydrogen-bond acceptors (Lipinski definition) is 3. The van der Waals surface area contributed by atoms with Crippen LogP contribution in [0, 0.1) is 4.77 Å². The van der Waals surface area contributed by atoms with Gasteiger partial charge >= 0.3 is 0 Å². The van der Waals surface area contributed by atoms with Gasteiger partial charge in [0, 0.05) is 16.8 Å². The molecule has 0 spiro atoms. The van der Waals surface area contributed by atoms with Crippen LogP contribution in [0.4, 0.5) is 0 Å². The molecule has 0 bridgehead atoms. The first-order chi connectivity index (χ1) is 11.6. The number of aryl methyl sites for hydroxylation is 1. The second-order valence-corrected chi connectivity index (χ2v) is 6.34. The van der Waals surface area contributed by atoms with E-state index < -0.39 is 0 Å². The highest BCUT2D eigenvalue weighted by molar-refractivity contribution is 7.71. The van der Waals surface area contributed by atoms with Crippen LogP contribution in [0.1, 0.15) is 12.0 Å². The number of H-pyrrole nitrogens is 1. The molecule has 0 unspecified atom stereocenters. The summed E-state index contributed by atoms with van der Waals surface area (Å²) in [5.41, 5.74) is 1.98. The van der Waals surface area contributed by atoms with Crippen molar-refractivity contribution in [1.82, 2.24) is 14.9 Å². The quantitative estimate of drug-likeness (QED) is 0.479. The molecule has 3 aromatic rings. The van der Waals surface area contributed by atoms with Crippen LogP contribution < -0.4 is 0 Å². The van der Waals surface area contributed by atoms with Gasteiger partial charge in [-0.05, 0) is 48.8 Å². The molecule has 1 heterocycles. The van der Waals surface area contributed by atoms with Crippen molar-refractivity contribution >= 4 is 41.6 Å². The third kappa shape index (κ3) is 3.93. The summed E-state index contributed by atoms with van der Waals surface area (Å²) in [6.07, 6.45) is 3.53. The summed E-state index contributed by atoms with van der Waals surface area (Å²) >= 11 is 17.4. The molecule has 0 aliphatic rings. The van der Waals surface area contributed by atoms with E-state index in [4.69, 9.17) is 35.4 Å². The normalized spacial score (nSPS) is 11.2. The highest BCUT2D eigenvalue weighted by atomic mass is 35.5. The summed E-state index contributed by atoms with van der Waals surface area (Å²) in [5, 5.41) is 12.5. The Morgan fingerprint density at radius 2 is 1.96 bits per heavy atom. The van der Waals surface area contributed by atoms with Gasteiger partial charge in [-0.3, -0.25) is 0 Å². The fraction of sp³-hybridized carbons (Fsp3) is 0.118. The van der Waals surface area contributed by atoms with Gasteiger partial charge in [-0.25, -0.2) is 5.10 Å². The lowest BCUT2D eigenvalue weighted by molar-refractivity contribution is 0.861. The number of aromatic nitrogens is 3. The first kappa shape index (κ1) is 16.9. The average molecular weight is 377 g/mol. The highest BCUT2D eigenvalue weighted by Gasteiger charge is 2.12. The van der Waals surface area contributed by atoms with Crippen molar-refractivity contribution in [2.45, 2.75) is 12.8 Å². The van der Waals surface area contributed by atoms with E-state index in [1.807, 2.05) is 24.4 Å². The molecule has 2 aromatic carbocycles. The molecule has 24 heavy (non-hydrogen) atoms. The summed E-state index contributed by atoms with van der Waals surface area (Å²) in [5.74, 6) is 0.553. The van der Waals surface area contributed by atoms with Crippen LogP contribution in [-0.4, -0.2) is 21.1 Å². The minimum Gasteiger partial charge on any atom is -0.250 e. The molecule has 1 aromatic heterocycles. The zero-order valence-corrected chi connectivity index (χ0v) is 14.9. The number of rotatable bonds is 5. The van der Waals surface area contributed by atoms with Crippen LogP contribution in [0.2, 0.25) is 10.0 Å². The lowest BCUT2D eigenvalue weighted by Crippen LogP contribution is -1.96. The Kier molecular flexibility index (Phi) is 5.45. The summed E-state index contributed by atoms with van der Waals surface area (Å²) in [6, 6.07) is 15.5. The largest absolute Gasteiger partial charge is 0.250 e. The molecule has 3 rings (SSSR count). The minimum atomic E-state index is 0.409. The molecule has 7 heteroatoms. The van der Waals surface area contributed by atoms with Gasteiger partial charge in [-0.1, -0.05) is 53.5 Å². The molecule has 4 nitrogen and oxygen atoms in total. The van der Waals surface area contributed by atoms with E-state index in [1.165, 1.54) is 5.56 Å². The van der Waals surface area contributed by atoms with Crippen molar-refractivity contribution in [2.75, 3.05) is 0 Å². The SMILES string of the molecule is S=c1[nH]nc(-c2ccc(Cl)cc2Cl)n1/N=C\CCc1ccccc1. The Labute approximate surface area is 154 Å². The monoisotopic (exact) mass is 376 g/mol. The fourth-order valence-corrected chi connectivity index (χ4v) is 2.93. The maximum absolute atomic E-state index is 6.25. The lowest BCUT2D eigenvalue weighted by atomic mass is 10.1. The number of nitrogens with one attached hydrogen (secondary N) is 1. The number of halogens is 2. The Morgan fingerprint density at radius 3 is 2.71 bits per heavy atom. The molecule has 122 valence electrons. The number of benzene rings is 2. The Hall–Kier alpha value is -1.95. The molecule has 0 aliphatic heterocycles. The van der Waals surface area contributed by atoms with Gasteiger partial charge in [0.05, 0.1) is 5.02 Å². The third-order valence-electron chi connectivity index (χ3n) is 3.42. The van der Waals surface area contributed by atoms with Crippen LogP contribution in [0.5, 0.6) is 0 Å². The molecule has 0 fully saturated rings. The van der Waals surface area contributed by atoms with Crippen molar-refractivity contribution < 1.29 is 0 Å². The van der Waals surface area contributed by atoms with Crippen molar-refractivity contribution in [2.24, 2.45) is 5.10 Å². The zero-order valence-electron chi connectivity index (χ0n) is 12.6. The predicted molar refractivity (Wildman–Crippen MR) is 102 cm³/mol. The highest BCUT2D eigenvalue weighted by Crippen LogP contribution is 2.29. The van der Waals surface area contributed by atoms with Gasteiger partial charge in [0.2, 0.25) is 4.77 Å². The van der Waals surface area contributed by atoms with Crippen LogP contribution in [0.15, 0.2) is 53.6 Å². The van der Waals surface area contributed by atoms with E-state index in [0.29, 0.717) is 26.2 Å². The smallest absolute Gasteiger partial charge is 0.216 e. The third-order valence-corrected chi connectivity index (χ3v) is 4.24. The minimum absolute atomic E-state index is 0.409. The van der Waals surface area contributed by atoms with Crippen molar-refractivity contribution in [1.29, 1.82) is 0 Å². The average Bonchev–Trinajstić information content (AvgIpc) is 2.93. The Balaban J connectivity index is 1.80. The summed E-state index contributed by atoms with van der Waals surface area (Å²) in [4.78, 5) is 0. The van der Waals surface area contributed by atoms with Crippen molar-refractivity contribution in [3.8, 4) is 11.4 Å². The van der Waals surface area contributed by atoms with Crippen LogP contribution in [0.3, 0.4) is 0 Å². The number of hydrogen-bond donors (Lipinski definition) is 1. The van der Waals surface area contributed by atoms with E-state index in [2.05, 4.69) is 27.4 Å². The Bertz CT molecular complexity index is 916. The molecule has 0 saturated heterocycles. The topological polar surface area (TPSA) is 46.0 Å². The summed E-state index contributed by atoms with van der Waals surface area (Å²) in [6.45, 7) is 0. The fourth-order valence-electron chi connectivity index (χ4n) is 2.26. The maximum Gasteiger partial charge on any atom is 0.216 e. The van der Waals surface area contributed by atoms with E-state index in [1.54, 1.807) is 22.9 Å². The number of aromatic amines is 1. The summed E-state index contributed by atoms with van der Waals surface area (Å²) < 4.78 is 1.97. The van der Waals surface area contributed by atoms with Crippen molar-refractivity contribution in [3.63, 3.8) is 0 Å². The molecule has 1 N–H and O–H groups in total. The first-order valence-electron chi connectivity index (χ1n) is 7.35. The summed E-state index contributed by atoms with van der Waals surface area (Å²) in [7, 11) is 0. The second kappa shape index (κ2) is 7.75. The zero-order chi connectivity index (χ0) is 16.9. The van der Waals surface area contributed by atoms with Gasteiger partial charge in [0.1, 0.15) is 0 Å². The predicted octanol–water partition coefficient (Wildman–Crippen LogP) is 5.38. The molecule has 0 radical (unpaired) electrons. The molecule has 0 atom stereocenters. The van der Waals surface area contributed by atoms with Gasteiger partial charge in [0.25, 0.3) is 0 Å². The van der Waals surface area contributed by atoms with E-state index in [0.717, 1.165) is 12.8 Å². The molecular formula is C17H14Cl2N4S. The molecule has 0 saturated carbocycles. The van der Waals surface area contributed by atoms with E-state index in [9.17, 15) is 0 Å². The number of nitrogens with zero attached hydrogens (tertiary/aromatic N) is 3. The lowest BCUT2D eigenvalue weighted by Gasteiger charge is -2.04. The van der Waals surface area contributed by atoms with E-state index in [-0.39, 0.29) is 0 Å². The maximum atomic E-state index is 6.25. The van der Waals surface area contributed by atoms with Crippen LogP contribution in [0.25, 0.3) is 11.4 Å². The van der Waals surface area contributed by atoms with Gasteiger partial charge in [0.15, 0.2) is 5.82 Å².